The lowest BCUT2D eigenvalue weighted by Crippen LogP contribution is -2.60. The van der Waals surface area contributed by atoms with Crippen molar-refractivity contribution >= 4 is 23.3 Å². The maximum Gasteiger partial charge on any atom is 0.311 e. The highest BCUT2D eigenvalue weighted by atomic mass is 32.1. The Morgan fingerprint density at radius 1 is 1.02 bits per heavy atom. The maximum absolute atomic E-state index is 14.5. The van der Waals surface area contributed by atoms with Crippen molar-refractivity contribution in [2.45, 2.75) is 192 Å². The van der Waals surface area contributed by atoms with Crippen molar-refractivity contribution in [2.75, 3.05) is 47.4 Å². The molecule has 0 bridgehead atoms. The van der Waals surface area contributed by atoms with E-state index in [4.69, 9.17) is 40.6 Å². The lowest BCUT2D eigenvalue weighted by molar-refractivity contribution is -0.318. The number of rotatable bonds is 13. The number of carbonyl (C=O) groups excluding carboxylic acids is 1. The number of nitrogens with zero attached hydrogens (tertiary/aromatic N) is 2. The van der Waals surface area contributed by atoms with Gasteiger partial charge >= 0.3 is 5.97 Å². The first kappa shape index (κ1) is 53.8. The van der Waals surface area contributed by atoms with Crippen LogP contribution < -0.4 is 10.6 Å². The first-order chi connectivity index (χ1) is 28.3. The third kappa shape index (κ3) is 13.7. The van der Waals surface area contributed by atoms with Crippen LogP contribution in [0.3, 0.4) is 0 Å². The van der Waals surface area contributed by atoms with E-state index >= 15 is 0 Å². The van der Waals surface area contributed by atoms with E-state index in [1.165, 1.54) is 14.0 Å². The molecule has 17 heteroatoms. The lowest BCUT2D eigenvalue weighted by Gasteiger charge is -2.48. The summed E-state index contributed by atoms with van der Waals surface area (Å²) in [4.78, 5) is 18.5. The third-order valence-electron chi connectivity index (χ3n) is 13.3. The molecular formula is C44H82N4O12S. The van der Waals surface area contributed by atoms with Crippen molar-refractivity contribution < 1.29 is 58.7 Å². The zero-order valence-electron chi connectivity index (χ0n) is 39.2. The fourth-order valence-corrected chi connectivity index (χ4v) is 9.80. The van der Waals surface area contributed by atoms with Crippen LogP contribution in [0.2, 0.25) is 0 Å². The Kier molecular flexibility index (Phi) is 20.3. The highest BCUT2D eigenvalue weighted by Gasteiger charge is 2.53. The molecule has 3 saturated heterocycles. The number of aliphatic hydroxyl groups excluding tert-OH is 3. The first-order valence-corrected chi connectivity index (χ1v) is 22.6. The lowest BCUT2D eigenvalue weighted by atomic mass is 9.77. The van der Waals surface area contributed by atoms with Gasteiger partial charge in [-0.05, 0) is 106 Å². The third-order valence-corrected chi connectivity index (χ3v) is 13.6. The molecule has 0 spiro atoms. The summed E-state index contributed by atoms with van der Waals surface area (Å²) >= 11 is 5.38. The predicted molar refractivity (Wildman–Crippen MR) is 237 cm³/mol. The largest absolute Gasteiger partial charge is 0.459 e. The Morgan fingerprint density at radius 3 is 2.26 bits per heavy atom. The van der Waals surface area contributed by atoms with Crippen LogP contribution in [0.4, 0.5) is 0 Å². The van der Waals surface area contributed by atoms with E-state index in [0.717, 1.165) is 0 Å². The number of thiocarbonyl (C=S) groups is 1. The number of cyclic esters (lactones) is 1. The standard InChI is InChI=1S/C44H82N4O12S/c1-15-18-45-41(61)46-19-17-20-48-24-25(3)22-42(9,53)38(60-40-34(49)31(47(12)13)21-26(4)56-40)27(5)35(59-33-23-43(10,55-14)37(51)30(8)57-33)28(6)39(52)58-32(16-2)44(11,54)36(50)29(48)7/h15,25-38,40,49-51,53-54H,1,16-24H2,2-14H3,(H2,45,46,61)/t25-,26-,27+,28-,29-,30+,31+,32-,33+,34-,35+,36-,37+,38-,40+,42-,43-,44-/m1/s1. The molecule has 0 aliphatic carbocycles. The Balaban J connectivity index is 2.15. The summed E-state index contributed by atoms with van der Waals surface area (Å²) in [5.74, 6) is -2.75. The summed E-state index contributed by atoms with van der Waals surface area (Å²) in [5, 5.41) is 66.3. The summed E-state index contributed by atoms with van der Waals surface area (Å²) in [6.45, 7) is 23.3. The molecule has 0 aromatic carbocycles. The van der Waals surface area contributed by atoms with Crippen molar-refractivity contribution in [1.29, 1.82) is 0 Å². The molecule has 0 amide bonds. The van der Waals surface area contributed by atoms with Crippen molar-refractivity contribution in [3.05, 3.63) is 12.7 Å². The summed E-state index contributed by atoms with van der Waals surface area (Å²) in [6, 6.07) is -0.912. The molecule has 3 aliphatic heterocycles. The number of ether oxygens (including phenoxy) is 6. The van der Waals surface area contributed by atoms with Crippen LogP contribution in [0, 0.1) is 17.8 Å². The van der Waals surface area contributed by atoms with Crippen molar-refractivity contribution in [2.24, 2.45) is 17.8 Å². The smallest absolute Gasteiger partial charge is 0.311 e. The Bertz CT molecular complexity index is 1400. The van der Waals surface area contributed by atoms with Gasteiger partial charge in [-0.2, -0.15) is 0 Å². The van der Waals surface area contributed by atoms with Crippen molar-refractivity contribution in [3.8, 4) is 0 Å². The molecule has 7 N–H and O–H groups in total. The number of nitrogens with one attached hydrogen (secondary N) is 2. The van der Waals surface area contributed by atoms with Crippen LogP contribution in [0.15, 0.2) is 12.7 Å². The first-order valence-electron chi connectivity index (χ1n) is 22.2. The molecule has 3 fully saturated rings. The second kappa shape index (κ2) is 23.0. The second-order valence-electron chi connectivity index (χ2n) is 19.0. The number of methoxy groups -OCH3 is 1. The van der Waals surface area contributed by atoms with Crippen LogP contribution in [0.5, 0.6) is 0 Å². The molecular weight excluding hydrogens is 809 g/mol. The average Bonchev–Trinajstić information content (AvgIpc) is 3.19. The van der Waals surface area contributed by atoms with Gasteiger partial charge in [-0.25, -0.2) is 0 Å². The van der Waals surface area contributed by atoms with Crippen LogP contribution in [0.1, 0.15) is 101 Å². The van der Waals surface area contributed by atoms with Gasteiger partial charge in [0.25, 0.3) is 0 Å². The fraction of sp³-hybridized carbons (Fsp3) is 0.909. The Morgan fingerprint density at radius 2 is 1.67 bits per heavy atom. The number of aliphatic hydroxyl groups is 5. The highest BCUT2D eigenvalue weighted by Crippen LogP contribution is 2.40. The van der Waals surface area contributed by atoms with Crippen LogP contribution in [-0.4, -0.2) is 184 Å². The minimum absolute atomic E-state index is 0.115. The number of carbonyl (C=O) groups is 1. The number of likely N-dealkylation sites (N-methyl/N-ethyl adjacent to an activating group) is 1. The zero-order valence-corrected chi connectivity index (χ0v) is 40.0. The van der Waals surface area contributed by atoms with E-state index in [9.17, 15) is 30.3 Å². The molecule has 18 atom stereocenters. The summed E-state index contributed by atoms with van der Waals surface area (Å²) in [6.07, 6.45) is -6.31. The Hall–Kier alpha value is -1.58. The van der Waals surface area contributed by atoms with Gasteiger partial charge in [0.05, 0.1) is 41.5 Å². The quantitative estimate of drug-likeness (QED) is 0.0614. The molecule has 3 aliphatic rings. The van der Waals surface area contributed by atoms with Gasteiger partial charge in [0.2, 0.25) is 0 Å². The van der Waals surface area contributed by atoms with Gasteiger partial charge in [-0.15, -0.1) is 6.58 Å². The van der Waals surface area contributed by atoms with Crippen LogP contribution in [0.25, 0.3) is 0 Å². The summed E-state index contributed by atoms with van der Waals surface area (Å²) in [7, 11) is 5.28. The topological polar surface area (TPSA) is 204 Å². The molecule has 0 saturated carbocycles. The van der Waals surface area contributed by atoms with E-state index in [-0.39, 0.29) is 37.3 Å². The van der Waals surface area contributed by atoms with Gasteiger partial charge < -0.3 is 69.5 Å². The minimum atomic E-state index is -1.87. The number of hydrogen-bond acceptors (Lipinski definition) is 15. The van der Waals surface area contributed by atoms with E-state index in [2.05, 4.69) is 22.1 Å². The fourth-order valence-electron chi connectivity index (χ4n) is 9.61. The number of hydrogen-bond donors (Lipinski definition) is 7. The average molecular weight is 891 g/mol. The predicted octanol–water partition coefficient (Wildman–Crippen LogP) is 2.31. The van der Waals surface area contributed by atoms with Gasteiger partial charge in [-0.3, -0.25) is 9.69 Å². The van der Waals surface area contributed by atoms with Gasteiger partial charge in [0, 0.05) is 57.7 Å². The molecule has 16 nitrogen and oxygen atoms in total. The molecule has 356 valence electrons. The highest BCUT2D eigenvalue weighted by molar-refractivity contribution is 7.80. The van der Waals surface area contributed by atoms with Gasteiger partial charge in [0.1, 0.15) is 30.0 Å². The second-order valence-corrected chi connectivity index (χ2v) is 19.4. The molecule has 0 aromatic heterocycles. The van der Waals surface area contributed by atoms with Crippen LogP contribution >= 0.6 is 12.2 Å². The zero-order chi connectivity index (χ0) is 46.2. The minimum Gasteiger partial charge on any atom is -0.459 e. The van der Waals surface area contributed by atoms with Crippen molar-refractivity contribution in [3.63, 3.8) is 0 Å². The molecule has 0 unspecified atom stereocenters. The summed E-state index contributed by atoms with van der Waals surface area (Å²) in [5.41, 5.74) is -4.53. The normalized spacial score (nSPS) is 43.8. The van der Waals surface area contributed by atoms with Crippen LogP contribution in [-0.2, 0) is 33.2 Å². The van der Waals surface area contributed by atoms with E-state index in [1.807, 2.05) is 46.7 Å². The molecule has 0 radical (unpaired) electrons. The molecule has 61 heavy (non-hydrogen) atoms. The van der Waals surface area contributed by atoms with Crippen molar-refractivity contribution in [1.82, 2.24) is 20.4 Å². The summed E-state index contributed by atoms with van der Waals surface area (Å²) < 4.78 is 38.0. The van der Waals surface area contributed by atoms with E-state index in [1.54, 1.807) is 40.7 Å². The SMILES string of the molecule is C=CCNC(=S)NCCCN1C[C@H](C)C[C@@](C)(O)[C@H](O[C@@H]2O[C@H](C)C[C@H](N(C)C)[C@H]2O)[C@@H](C)[C@H](O[C@H]2C[C@@](C)(OC)[C@@H](O)[C@H](C)O2)[C@@H](C)C(=O)O[C@H](CC)[C@@](C)(O)[C@H](O)[C@H]1C. The Labute approximate surface area is 371 Å². The maximum atomic E-state index is 14.5. The van der Waals surface area contributed by atoms with E-state index in [0.29, 0.717) is 44.1 Å². The molecule has 3 rings (SSSR count). The van der Waals surface area contributed by atoms with Gasteiger partial charge in [-0.1, -0.05) is 26.8 Å². The number of esters is 1. The molecule has 0 aromatic rings. The van der Waals surface area contributed by atoms with E-state index < -0.39 is 96.0 Å². The molecule has 3 heterocycles. The van der Waals surface area contributed by atoms with Gasteiger partial charge in [0.15, 0.2) is 17.7 Å². The monoisotopic (exact) mass is 891 g/mol.